The first kappa shape index (κ1) is 20.7. The van der Waals surface area contributed by atoms with E-state index in [0.717, 1.165) is 29.0 Å². The van der Waals surface area contributed by atoms with Crippen molar-refractivity contribution < 1.29 is 9.47 Å². The molecule has 0 amide bonds. The van der Waals surface area contributed by atoms with Gasteiger partial charge in [0.2, 0.25) is 0 Å². The molecule has 0 radical (unpaired) electrons. The lowest BCUT2D eigenvalue weighted by molar-refractivity contribution is 0.340. The SMILES string of the molecule is C=CCc1ccccc1OCCSc1nc(-c2ccc(OC)cc2)nc2cc(=O)[nH]n12. The highest BCUT2D eigenvalue weighted by atomic mass is 32.2. The van der Waals surface area contributed by atoms with Crippen molar-refractivity contribution in [1.82, 2.24) is 19.6 Å². The summed E-state index contributed by atoms with van der Waals surface area (Å²) in [4.78, 5) is 21.1. The molecule has 0 aliphatic carbocycles. The fraction of sp³-hybridized carbons (Fsp3) is 0.174. The van der Waals surface area contributed by atoms with Crippen LogP contribution in [-0.4, -0.2) is 39.1 Å². The Morgan fingerprint density at radius 3 is 2.74 bits per heavy atom. The highest BCUT2D eigenvalue weighted by Gasteiger charge is 2.12. The number of thioether (sulfide) groups is 1. The Kier molecular flexibility index (Phi) is 6.37. The van der Waals surface area contributed by atoms with Gasteiger partial charge >= 0.3 is 0 Å². The standard InChI is InChI=1S/C23H22N4O3S/c1-3-6-16-7-4-5-8-19(16)30-13-14-31-23-25-22(17-9-11-18(29-2)12-10-17)24-20-15-21(28)26-27(20)23/h3-5,7-12,15H,1,6,13-14H2,2H3,(H,26,28). The molecular formula is C23H22N4O3S. The average Bonchev–Trinajstić information content (AvgIpc) is 3.18. The van der Waals surface area contributed by atoms with Gasteiger partial charge in [0.15, 0.2) is 16.6 Å². The van der Waals surface area contributed by atoms with Crippen molar-refractivity contribution in [2.75, 3.05) is 19.5 Å². The lowest BCUT2D eigenvalue weighted by Gasteiger charge is -2.11. The summed E-state index contributed by atoms with van der Waals surface area (Å²) in [6.45, 7) is 4.29. The molecule has 0 fully saturated rings. The fourth-order valence-corrected chi connectivity index (χ4v) is 3.87. The van der Waals surface area contributed by atoms with E-state index in [9.17, 15) is 4.79 Å². The number of hydrogen-bond donors (Lipinski definition) is 1. The summed E-state index contributed by atoms with van der Waals surface area (Å²) < 4.78 is 12.8. The monoisotopic (exact) mass is 434 g/mol. The molecule has 0 atom stereocenters. The van der Waals surface area contributed by atoms with E-state index in [2.05, 4.69) is 21.6 Å². The van der Waals surface area contributed by atoms with Crippen LogP contribution in [0.25, 0.3) is 17.0 Å². The van der Waals surface area contributed by atoms with Gasteiger partial charge in [-0.3, -0.25) is 9.89 Å². The second kappa shape index (κ2) is 9.53. The van der Waals surface area contributed by atoms with E-state index in [-0.39, 0.29) is 5.56 Å². The van der Waals surface area contributed by atoms with Crippen molar-refractivity contribution >= 4 is 17.4 Å². The molecule has 31 heavy (non-hydrogen) atoms. The average molecular weight is 435 g/mol. The number of para-hydroxylation sites is 1. The molecule has 0 unspecified atom stereocenters. The number of hydrogen-bond acceptors (Lipinski definition) is 6. The van der Waals surface area contributed by atoms with Crippen LogP contribution >= 0.6 is 11.8 Å². The van der Waals surface area contributed by atoms with Gasteiger partial charge in [-0.1, -0.05) is 36.0 Å². The van der Waals surface area contributed by atoms with Crippen molar-refractivity contribution in [3.63, 3.8) is 0 Å². The number of benzene rings is 2. The summed E-state index contributed by atoms with van der Waals surface area (Å²) in [5.41, 5.74) is 2.24. The Morgan fingerprint density at radius 1 is 1.16 bits per heavy atom. The zero-order chi connectivity index (χ0) is 21.6. The van der Waals surface area contributed by atoms with Gasteiger partial charge in [-0.2, -0.15) is 0 Å². The predicted octanol–water partition coefficient (Wildman–Crippen LogP) is 3.99. The third-order valence-corrected chi connectivity index (χ3v) is 5.48. The van der Waals surface area contributed by atoms with Crippen molar-refractivity contribution in [2.24, 2.45) is 0 Å². The summed E-state index contributed by atoms with van der Waals surface area (Å²) >= 11 is 1.49. The Labute approximate surface area is 183 Å². The Morgan fingerprint density at radius 2 is 1.97 bits per heavy atom. The minimum atomic E-state index is -0.224. The zero-order valence-electron chi connectivity index (χ0n) is 17.1. The third-order valence-electron chi connectivity index (χ3n) is 4.58. The first-order valence-corrected chi connectivity index (χ1v) is 10.7. The number of methoxy groups -OCH3 is 1. The van der Waals surface area contributed by atoms with Crippen LogP contribution in [0, 0.1) is 0 Å². The molecule has 8 heteroatoms. The van der Waals surface area contributed by atoms with E-state index in [1.165, 1.54) is 17.8 Å². The van der Waals surface area contributed by atoms with Gasteiger partial charge in [0, 0.05) is 17.4 Å². The number of aromatic amines is 1. The minimum absolute atomic E-state index is 0.224. The van der Waals surface area contributed by atoms with Crippen LogP contribution < -0.4 is 15.0 Å². The fourth-order valence-electron chi connectivity index (χ4n) is 3.10. The van der Waals surface area contributed by atoms with Gasteiger partial charge in [-0.15, -0.1) is 6.58 Å². The second-order valence-corrected chi connectivity index (χ2v) is 7.73. The van der Waals surface area contributed by atoms with Crippen LogP contribution in [0.3, 0.4) is 0 Å². The summed E-state index contributed by atoms with van der Waals surface area (Å²) in [6, 6.07) is 16.9. The summed E-state index contributed by atoms with van der Waals surface area (Å²) in [5.74, 6) is 2.80. The number of ether oxygens (including phenoxy) is 2. The number of rotatable bonds is 9. The van der Waals surface area contributed by atoms with Crippen LogP contribution in [0.5, 0.6) is 11.5 Å². The molecule has 4 rings (SSSR count). The largest absolute Gasteiger partial charge is 0.497 e. The van der Waals surface area contributed by atoms with Crippen molar-refractivity contribution in [3.8, 4) is 22.9 Å². The van der Waals surface area contributed by atoms with Crippen LogP contribution in [-0.2, 0) is 6.42 Å². The van der Waals surface area contributed by atoms with E-state index in [1.807, 2.05) is 54.6 Å². The van der Waals surface area contributed by atoms with E-state index < -0.39 is 0 Å². The van der Waals surface area contributed by atoms with Crippen LogP contribution in [0.15, 0.2) is 77.2 Å². The minimum Gasteiger partial charge on any atom is -0.497 e. The van der Waals surface area contributed by atoms with Gasteiger partial charge in [0.05, 0.1) is 13.7 Å². The Bertz CT molecular complexity index is 1250. The molecule has 2 heterocycles. The molecule has 0 saturated heterocycles. The predicted molar refractivity (Wildman–Crippen MR) is 122 cm³/mol. The van der Waals surface area contributed by atoms with Gasteiger partial charge < -0.3 is 9.47 Å². The number of H-pyrrole nitrogens is 1. The highest BCUT2D eigenvalue weighted by molar-refractivity contribution is 7.99. The van der Waals surface area contributed by atoms with Crippen molar-refractivity contribution in [1.29, 1.82) is 0 Å². The molecular weight excluding hydrogens is 412 g/mol. The van der Waals surface area contributed by atoms with E-state index in [0.29, 0.717) is 29.0 Å². The normalized spacial score (nSPS) is 10.9. The summed E-state index contributed by atoms with van der Waals surface area (Å²) in [6.07, 6.45) is 2.61. The Balaban J connectivity index is 1.52. The number of aromatic nitrogens is 4. The summed E-state index contributed by atoms with van der Waals surface area (Å²) in [5, 5.41) is 3.39. The first-order valence-electron chi connectivity index (χ1n) is 9.76. The molecule has 0 aliphatic heterocycles. The first-order chi connectivity index (χ1) is 15.2. The van der Waals surface area contributed by atoms with Gasteiger partial charge in [-0.05, 0) is 42.3 Å². The molecule has 1 N–H and O–H groups in total. The second-order valence-electron chi connectivity index (χ2n) is 6.67. The van der Waals surface area contributed by atoms with Gasteiger partial charge in [-0.25, -0.2) is 14.5 Å². The lowest BCUT2D eigenvalue weighted by atomic mass is 10.1. The molecule has 7 nitrogen and oxygen atoms in total. The van der Waals surface area contributed by atoms with Crippen LogP contribution in [0.4, 0.5) is 0 Å². The quantitative estimate of drug-likeness (QED) is 0.244. The molecule has 158 valence electrons. The maximum atomic E-state index is 11.9. The lowest BCUT2D eigenvalue weighted by Crippen LogP contribution is -2.07. The van der Waals surface area contributed by atoms with Gasteiger partial charge in [0.25, 0.3) is 5.56 Å². The van der Waals surface area contributed by atoms with E-state index in [4.69, 9.17) is 9.47 Å². The number of allylic oxidation sites excluding steroid dienone is 1. The molecule has 2 aromatic carbocycles. The number of nitrogens with zero attached hydrogens (tertiary/aromatic N) is 3. The number of nitrogens with one attached hydrogen (secondary N) is 1. The molecule has 0 bridgehead atoms. The van der Waals surface area contributed by atoms with E-state index in [1.54, 1.807) is 11.6 Å². The van der Waals surface area contributed by atoms with Crippen LogP contribution in [0.1, 0.15) is 5.56 Å². The van der Waals surface area contributed by atoms with Crippen LogP contribution in [0.2, 0.25) is 0 Å². The van der Waals surface area contributed by atoms with E-state index >= 15 is 0 Å². The summed E-state index contributed by atoms with van der Waals surface area (Å²) in [7, 11) is 1.62. The molecule has 2 aromatic heterocycles. The van der Waals surface area contributed by atoms with Gasteiger partial charge in [0.1, 0.15) is 11.5 Å². The Hall–Kier alpha value is -3.52. The van der Waals surface area contributed by atoms with Crippen molar-refractivity contribution in [2.45, 2.75) is 11.6 Å². The van der Waals surface area contributed by atoms with Crippen molar-refractivity contribution in [3.05, 3.63) is 83.2 Å². The topological polar surface area (TPSA) is 81.5 Å². The smallest absolute Gasteiger partial charge is 0.266 e. The third kappa shape index (κ3) is 4.80. The maximum Gasteiger partial charge on any atom is 0.266 e. The highest BCUT2D eigenvalue weighted by Crippen LogP contribution is 2.24. The molecule has 4 aromatic rings. The molecule has 0 spiro atoms. The number of fused-ring (bicyclic) bond motifs is 1. The zero-order valence-corrected chi connectivity index (χ0v) is 17.9. The molecule has 0 saturated carbocycles. The molecule has 0 aliphatic rings. The maximum absolute atomic E-state index is 11.9.